The van der Waals surface area contributed by atoms with Gasteiger partial charge in [0, 0.05) is 29.8 Å². The molecule has 0 amide bonds. The topological polar surface area (TPSA) is 89.4 Å². The Balaban J connectivity index is 2.25. The molecule has 0 bridgehead atoms. The van der Waals surface area contributed by atoms with Crippen LogP contribution in [-0.2, 0) is 10.0 Å². The molecule has 0 aromatic heterocycles. The third-order valence-electron chi connectivity index (χ3n) is 3.26. The second-order valence-electron chi connectivity index (χ2n) is 4.61. The number of nitrogen functional groups attached to an aromatic ring is 1. The summed E-state index contributed by atoms with van der Waals surface area (Å²) in [5.41, 5.74) is 6.97. The summed E-state index contributed by atoms with van der Waals surface area (Å²) in [5, 5.41) is 5.72. The van der Waals surface area contributed by atoms with Crippen molar-refractivity contribution in [2.75, 3.05) is 29.5 Å². The highest BCUT2D eigenvalue weighted by molar-refractivity contribution is 8.00. The van der Waals surface area contributed by atoms with Crippen molar-refractivity contribution >= 4 is 33.2 Å². The minimum atomic E-state index is -3.74. The quantitative estimate of drug-likeness (QED) is 0.820. The van der Waals surface area contributed by atoms with E-state index in [4.69, 9.17) is 10.9 Å². The molecule has 1 aromatic rings. The van der Waals surface area contributed by atoms with E-state index in [0.29, 0.717) is 5.25 Å². The summed E-state index contributed by atoms with van der Waals surface area (Å²) in [7, 11) is -3.74. The first-order valence-electron chi connectivity index (χ1n) is 6.20. The Morgan fingerprint density at radius 1 is 1.47 bits per heavy atom. The summed E-state index contributed by atoms with van der Waals surface area (Å²) < 4.78 is 22.6. The fourth-order valence-corrected chi connectivity index (χ4v) is 4.02. The molecule has 19 heavy (non-hydrogen) atoms. The van der Waals surface area contributed by atoms with Gasteiger partial charge in [0.2, 0.25) is 10.0 Å². The van der Waals surface area contributed by atoms with Crippen molar-refractivity contribution in [3.05, 3.63) is 18.2 Å². The van der Waals surface area contributed by atoms with E-state index in [1.165, 1.54) is 6.07 Å². The van der Waals surface area contributed by atoms with Gasteiger partial charge in [0.05, 0.1) is 5.69 Å². The van der Waals surface area contributed by atoms with Crippen LogP contribution in [0.1, 0.15) is 13.3 Å². The normalized spacial score (nSPS) is 20.5. The number of thioether (sulfide) groups is 1. The van der Waals surface area contributed by atoms with E-state index in [0.717, 1.165) is 31.0 Å². The Kier molecular flexibility index (Phi) is 4.27. The number of primary sulfonamides is 1. The Hall–Kier alpha value is -0.920. The zero-order chi connectivity index (χ0) is 14.0. The van der Waals surface area contributed by atoms with E-state index in [9.17, 15) is 8.42 Å². The van der Waals surface area contributed by atoms with Crippen molar-refractivity contribution in [2.45, 2.75) is 23.5 Å². The maximum atomic E-state index is 11.3. The maximum absolute atomic E-state index is 11.3. The second-order valence-corrected chi connectivity index (χ2v) is 7.55. The highest BCUT2D eigenvalue weighted by atomic mass is 32.2. The third-order valence-corrected chi connectivity index (χ3v) is 5.62. The Morgan fingerprint density at radius 2 is 2.21 bits per heavy atom. The number of rotatable bonds is 3. The monoisotopic (exact) mass is 301 g/mol. The summed E-state index contributed by atoms with van der Waals surface area (Å²) in [4.78, 5) is 2.24. The molecule has 1 heterocycles. The number of hydrogen-bond acceptors (Lipinski definition) is 5. The van der Waals surface area contributed by atoms with E-state index in [1.54, 1.807) is 12.1 Å². The average Bonchev–Trinajstić information content (AvgIpc) is 2.37. The molecule has 1 atom stereocenters. The van der Waals surface area contributed by atoms with Gasteiger partial charge in [-0.2, -0.15) is 11.8 Å². The molecule has 1 aliphatic heterocycles. The molecule has 0 spiro atoms. The smallest absolute Gasteiger partial charge is 0.240 e. The van der Waals surface area contributed by atoms with Gasteiger partial charge in [0.25, 0.3) is 0 Å². The number of benzene rings is 1. The van der Waals surface area contributed by atoms with Gasteiger partial charge >= 0.3 is 0 Å². The van der Waals surface area contributed by atoms with Gasteiger partial charge in [-0.05, 0) is 24.6 Å². The largest absolute Gasteiger partial charge is 0.398 e. The van der Waals surface area contributed by atoms with E-state index < -0.39 is 10.0 Å². The van der Waals surface area contributed by atoms with Gasteiger partial charge in [-0.25, -0.2) is 13.6 Å². The summed E-state index contributed by atoms with van der Waals surface area (Å²) in [6.45, 7) is 4.10. The van der Waals surface area contributed by atoms with Crippen LogP contribution in [0.5, 0.6) is 0 Å². The third kappa shape index (κ3) is 3.34. The highest BCUT2D eigenvalue weighted by Gasteiger charge is 2.20. The molecule has 0 aliphatic carbocycles. The van der Waals surface area contributed by atoms with Crippen LogP contribution in [0.3, 0.4) is 0 Å². The van der Waals surface area contributed by atoms with Crippen molar-refractivity contribution in [3.63, 3.8) is 0 Å². The van der Waals surface area contributed by atoms with Crippen molar-refractivity contribution < 1.29 is 8.42 Å². The lowest BCUT2D eigenvalue weighted by atomic mass is 10.2. The lowest BCUT2D eigenvalue weighted by molar-refractivity contribution is 0.598. The van der Waals surface area contributed by atoms with Gasteiger partial charge in [-0.15, -0.1) is 0 Å². The first kappa shape index (κ1) is 14.5. The average molecular weight is 301 g/mol. The fraction of sp³-hybridized carbons (Fsp3) is 0.500. The number of nitrogens with two attached hydrogens (primary N) is 2. The molecule has 0 saturated carbocycles. The molecule has 106 valence electrons. The fourth-order valence-electron chi connectivity index (χ4n) is 2.19. The lowest BCUT2D eigenvalue weighted by Crippen LogP contribution is -2.37. The summed E-state index contributed by atoms with van der Waals surface area (Å²) in [6, 6.07) is 4.96. The van der Waals surface area contributed by atoms with Crippen LogP contribution in [0.2, 0.25) is 0 Å². The van der Waals surface area contributed by atoms with E-state index >= 15 is 0 Å². The molecule has 1 unspecified atom stereocenters. The van der Waals surface area contributed by atoms with Gasteiger partial charge in [-0.1, -0.05) is 6.92 Å². The maximum Gasteiger partial charge on any atom is 0.240 e. The number of sulfonamides is 1. The molecule has 1 saturated heterocycles. The molecule has 1 fully saturated rings. The Morgan fingerprint density at radius 3 is 2.79 bits per heavy atom. The number of hydrogen-bond donors (Lipinski definition) is 2. The van der Waals surface area contributed by atoms with E-state index in [-0.39, 0.29) is 10.6 Å². The first-order valence-corrected chi connectivity index (χ1v) is 8.80. The second kappa shape index (κ2) is 5.60. The molecule has 1 aromatic carbocycles. The lowest BCUT2D eigenvalue weighted by Gasteiger charge is -2.33. The van der Waals surface area contributed by atoms with Crippen LogP contribution in [0.25, 0.3) is 0 Å². The van der Waals surface area contributed by atoms with Crippen molar-refractivity contribution in [2.24, 2.45) is 5.14 Å². The highest BCUT2D eigenvalue weighted by Crippen LogP contribution is 2.29. The Bertz CT molecular complexity index is 560. The van der Waals surface area contributed by atoms with Crippen LogP contribution in [0, 0.1) is 0 Å². The summed E-state index contributed by atoms with van der Waals surface area (Å²) in [6.07, 6.45) is 1.13. The van der Waals surface area contributed by atoms with Crippen LogP contribution < -0.4 is 15.8 Å². The predicted molar refractivity (Wildman–Crippen MR) is 81.0 cm³/mol. The van der Waals surface area contributed by atoms with Crippen molar-refractivity contribution in [3.8, 4) is 0 Å². The Labute approximate surface area is 118 Å². The molecular formula is C12H19N3O2S2. The predicted octanol–water partition coefficient (Wildman–Crippen LogP) is 1.25. The molecule has 0 radical (unpaired) electrons. The van der Waals surface area contributed by atoms with Crippen LogP contribution in [-0.4, -0.2) is 32.5 Å². The summed E-state index contributed by atoms with van der Waals surface area (Å²) >= 11 is 1.98. The van der Waals surface area contributed by atoms with Crippen LogP contribution >= 0.6 is 11.8 Å². The van der Waals surface area contributed by atoms with Gasteiger partial charge < -0.3 is 10.6 Å². The SMILES string of the molecule is CCC1CN(c2ccc(S(N)(=O)=O)c(N)c2)CCS1. The summed E-state index contributed by atoms with van der Waals surface area (Å²) in [5.74, 6) is 1.08. The minimum absolute atomic E-state index is 0.00493. The van der Waals surface area contributed by atoms with Gasteiger partial charge in [-0.3, -0.25) is 0 Å². The molecule has 5 nitrogen and oxygen atoms in total. The van der Waals surface area contributed by atoms with Gasteiger partial charge in [0.15, 0.2) is 0 Å². The molecule has 2 rings (SSSR count). The van der Waals surface area contributed by atoms with Crippen LogP contribution in [0.15, 0.2) is 23.1 Å². The van der Waals surface area contributed by atoms with E-state index in [2.05, 4.69) is 11.8 Å². The molecule has 7 heteroatoms. The van der Waals surface area contributed by atoms with Crippen LogP contribution in [0.4, 0.5) is 11.4 Å². The zero-order valence-electron chi connectivity index (χ0n) is 10.9. The molecular weight excluding hydrogens is 282 g/mol. The minimum Gasteiger partial charge on any atom is -0.398 e. The van der Waals surface area contributed by atoms with Crippen molar-refractivity contribution in [1.29, 1.82) is 0 Å². The molecule has 1 aliphatic rings. The first-order chi connectivity index (χ1) is 8.91. The molecule has 4 N–H and O–H groups in total. The van der Waals surface area contributed by atoms with Gasteiger partial charge in [0.1, 0.15) is 4.90 Å². The van der Waals surface area contributed by atoms with Crippen molar-refractivity contribution in [1.82, 2.24) is 0 Å². The zero-order valence-corrected chi connectivity index (χ0v) is 12.5. The standard InChI is InChI=1S/C12H19N3O2S2/c1-2-10-8-15(5-6-18-10)9-3-4-12(11(13)7-9)19(14,16)17/h3-4,7,10H,2,5-6,8,13H2,1H3,(H2,14,16,17). The number of anilines is 2. The number of nitrogens with zero attached hydrogens (tertiary/aromatic N) is 1. The van der Waals surface area contributed by atoms with E-state index in [1.807, 2.05) is 11.8 Å².